The number of hydrogen-bond donors (Lipinski definition) is 1. The molecule has 5 rings (SSSR count). The third kappa shape index (κ3) is 5.56. The fraction of sp³-hybridized carbons (Fsp3) is 0.267. The zero-order valence-corrected chi connectivity index (χ0v) is 20.3. The van der Waals surface area contributed by atoms with Crippen LogP contribution in [0.15, 0.2) is 78.4 Å². The Kier molecular flexibility index (Phi) is 7.30. The number of nitrogens with one attached hydrogen (secondary N) is 1. The van der Waals surface area contributed by atoms with E-state index in [-0.39, 0.29) is 18.6 Å². The number of benzene rings is 3. The second-order valence-electron chi connectivity index (χ2n) is 9.45. The van der Waals surface area contributed by atoms with Crippen molar-refractivity contribution in [2.24, 2.45) is 0 Å². The third-order valence-electron chi connectivity index (χ3n) is 6.87. The molecule has 1 fully saturated rings. The van der Waals surface area contributed by atoms with Gasteiger partial charge in [0.05, 0.1) is 5.57 Å². The van der Waals surface area contributed by atoms with E-state index in [9.17, 15) is 18.4 Å². The first-order valence-electron chi connectivity index (χ1n) is 12.6. The molecule has 0 radical (unpaired) electrons. The number of ether oxygens (including phenoxy) is 1. The van der Waals surface area contributed by atoms with Crippen molar-refractivity contribution in [3.8, 4) is 5.75 Å². The first-order chi connectivity index (χ1) is 18.0. The number of nitrogens with zero attached hydrogens (tertiary/aromatic N) is 1. The van der Waals surface area contributed by atoms with Crippen molar-refractivity contribution >= 4 is 23.6 Å². The summed E-state index contributed by atoms with van der Waals surface area (Å²) in [7, 11) is 0. The molecule has 2 amide bonds. The van der Waals surface area contributed by atoms with Gasteiger partial charge in [-0.15, -0.1) is 0 Å². The molecule has 1 aliphatic heterocycles. The molecule has 2 aliphatic rings. The molecule has 3 aromatic carbocycles. The Morgan fingerprint density at radius 3 is 2.22 bits per heavy atom. The number of rotatable bonds is 6. The van der Waals surface area contributed by atoms with Crippen molar-refractivity contribution in [3.05, 3.63) is 101 Å². The maximum absolute atomic E-state index is 14.1. The molecule has 1 N–H and O–H groups in total. The molecule has 190 valence electrons. The number of carbonyl (C=O) groups is 2. The van der Waals surface area contributed by atoms with Gasteiger partial charge in [-0.05, 0) is 66.9 Å². The van der Waals surface area contributed by atoms with E-state index in [4.69, 9.17) is 4.74 Å². The average Bonchev–Trinajstić information content (AvgIpc) is 2.93. The van der Waals surface area contributed by atoms with Gasteiger partial charge >= 0.3 is 0 Å². The molecular formula is C30H28F2N2O3. The van der Waals surface area contributed by atoms with Crippen molar-refractivity contribution in [1.29, 1.82) is 0 Å². The Balaban J connectivity index is 1.58. The SMILES string of the molecule is O=C(NC1CCCCC1)[C@H](c1ccc(F)cc1)N(C(=O)C1=Cc2ccccc2OC1)c1ccc(F)cc1. The van der Waals surface area contributed by atoms with Crippen LogP contribution in [0.4, 0.5) is 14.5 Å². The zero-order chi connectivity index (χ0) is 25.8. The molecule has 7 heteroatoms. The highest BCUT2D eigenvalue weighted by atomic mass is 19.1. The lowest BCUT2D eigenvalue weighted by Gasteiger charge is -2.34. The van der Waals surface area contributed by atoms with Gasteiger partial charge in [-0.2, -0.15) is 0 Å². The van der Waals surface area contributed by atoms with Gasteiger partial charge in [-0.1, -0.05) is 49.6 Å². The maximum atomic E-state index is 14.1. The largest absolute Gasteiger partial charge is 0.488 e. The van der Waals surface area contributed by atoms with Crippen molar-refractivity contribution in [2.75, 3.05) is 11.5 Å². The number of amides is 2. The average molecular weight is 503 g/mol. The van der Waals surface area contributed by atoms with Crippen LogP contribution < -0.4 is 15.0 Å². The van der Waals surface area contributed by atoms with Crippen molar-refractivity contribution in [3.63, 3.8) is 0 Å². The fourth-order valence-electron chi connectivity index (χ4n) is 4.97. The van der Waals surface area contributed by atoms with Crippen LogP contribution >= 0.6 is 0 Å². The third-order valence-corrected chi connectivity index (χ3v) is 6.87. The number of carbonyl (C=O) groups excluding carboxylic acids is 2. The van der Waals surface area contributed by atoms with E-state index < -0.39 is 23.6 Å². The van der Waals surface area contributed by atoms with Gasteiger partial charge in [-0.3, -0.25) is 14.5 Å². The van der Waals surface area contributed by atoms with Crippen LogP contribution in [-0.2, 0) is 9.59 Å². The van der Waals surface area contributed by atoms with Crippen LogP contribution in [0.2, 0.25) is 0 Å². The van der Waals surface area contributed by atoms with Crippen LogP contribution in [0.1, 0.15) is 49.3 Å². The molecule has 3 aromatic rings. The van der Waals surface area contributed by atoms with Crippen molar-refractivity contribution in [1.82, 2.24) is 5.32 Å². The van der Waals surface area contributed by atoms with Gasteiger partial charge in [0.15, 0.2) is 0 Å². The fourth-order valence-corrected chi connectivity index (χ4v) is 4.97. The molecular weight excluding hydrogens is 474 g/mol. The Morgan fingerprint density at radius 1 is 0.865 bits per heavy atom. The molecule has 0 spiro atoms. The normalized spacial score (nSPS) is 16.1. The molecule has 0 unspecified atom stereocenters. The number of halogens is 2. The summed E-state index contributed by atoms with van der Waals surface area (Å²) < 4.78 is 33.5. The molecule has 5 nitrogen and oxygen atoms in total. The topological polar surface area (TPSA) is 58.6 Å². The second kappa shape index (κ2) is 10.9. The minimum Gasteiger partial charge on any atom is -0.488 e. The van der Waals surface area contributed by atoms with Gasteiger partial charge in [0.25, 0.3) is 5.91 Å². The lowest BCUT2D eigenvalue weighted by Crippen LogP contribution is -2.48. The number of hydrogen-bond acceptors (Lipinski definition) is 3. The molecule has 1 heterocycles. The smallest absolute Gasteiger partial charge is 0.258 e. The molecule has 1 aliphatic carbocycles. The molecule has 0 bridgehead atoms. The summed E-state index contributed by atoms with van der Waals surface area (Å²) in [6, 6.07) is 17.2. The maximum Gasteiger partial charge on any atom is 0.258 e. The Bertz CT molecular complexity index is 1300. The van der Waals surface area contributed by atoms with E-state index >= 15 is 0 Å². The van der Waals surface area contributed by atoms with Crippen LogP contribution in [0.3, 0.4) is 0 Å². The van der Waals surface area contributed by atoms with Crippen molar-refractivity contribution in [2.45, 2.75) is 44.2 Å². The van der Waals surface area contributed by atoms with Crippen LogP contribution in [0, 0.1) is 11.6 Å². The number of fused-ring (bicyclic) bond motifs is 1. The summed E-state index contributed by atoms with van der Waals surface area (Å²) in [5.74, 6) is -1.06. The van der Waals surface area contributed by atoms with E-state index in [1.165, 1.54) is 53.4 Å². The minimum absolute atomic E-state index is 0.00141. The van der Waals surface area contributed by atoms with Crippen LogP contribution in [-0.4, -0.2) is 24.5 Å². The number of anilines is 1. The molecule has 1 atom stereocenters. The predicted octanol–water partition coefficient (Wildman–Crippen LogP) is 5.96. The van der Waals surface area contributed by atoms with E-state index in [1.54, 1.807) is 6.08 Å². The van der Waals surface area contributed by atoms with E-state index in [0.717, 1.165) is 37.7 Å². The van der Waals surface area contributed by atoms with Crippen LogP contribution in [0.25, 0.3) is 6.08 Å². The molecule has 0 aromatic heterocycles. The standard InChI is InChI=1S/C30H28F2N2O3/c31-23-12-10-20(11-13-23)28(29(35)33-25-7-2-1-3-8-25)34(26-16-14-24(32)15-17-26)30(36)22-18-21-6-4-5-9-27(21)37-19-22/h4-6,9-18,25,28H,1-3,7-8,19H2,(H,33,35)/t28-/m0/s1. The lowest BCUT2D eigenvalue weighted by molar-refractivity contribution is -0.126. The summed E-state index contributed by atoms with van der Waals surface area (Å²) in [6.45, 7) is 0.0217. The van der Waals surface area contributed by atoms with E-state index in [1.807, 2.05) is 24.3 Å². The molecule has 37 heavy (non-hydrogen) atoms. The summed E-state index contributed by atoms with van der Waals surface area (Å²) in [5.41, 5.74) is 1.89. The monoisotopic (exact) mass is 502 g/mol. The summed E-state index contributed by atoms with van der Waals surface area (Å²) in [5, 5.41) is 3.12. The van der Waals surface area contributed by atoms with E-state index in [2.05, 4.69) is 5.32 Å². The second-order valence-corrected chi connectivity index (χ2v) is 9.45. The Morgan fingerprint density at radius 2 is 1.51 bits per heavy atom. The van der Waals surface area contributed by atoms with Gasteiger partial charge in [0.2, 0.25) is 5.91 Å². The highest BCUT2D eigenvalue weighted by molar-refractivity contribution is 6.12. The minimum atomic E-state index is -1.10. The first-order valence-corrected chi connectivity index (χ1v) is 12.6. The van der Waals surface area contributed by atoms with E-state index in [0.29, 0.717) is 22.6 Å². The highest BCUT2D eigenvalue weighted by Gasteiger charge is 2.36. The van der Waals surface area contributed by atoms with Gasteiger partial charge < -0.3 is 10.1 Å². The quantitative estimate of drug-likeness (QED) is 0.452. The number of para-hydroxylation sites is 1. The summed E-state index contributed by atoms with van der Waals surface area (Å²) in [6.07, 6.45) is 6.65. The van der Waals surface area contributed by atoms with Gasteiger partial charge in [-0.25, -0.2) is 8.78 Å². The first kappa shape index (κ1) is 24.7. The molecule has 1 saturated carbocycles. The highest BCUT2D eigenvalue weighted by Crippen LogP contribution is 2.33. The zero-order valence-electron chi connectivity index (χ0n) is 20.3. The lowest BCUT2D eigenvalue weighted by atomic mass is 9.94. The summed E-state index contributed by atoms with van der Waals surface area (Å²) >= 11 is 0. The van der Waals surface area contributed by atoms with Gasteiger partial charge in [0.1, 0.15) is 30.0 Å². The Labute approximate surface area is 214 Å². The van der Waals surface area contributed by atoms with Crippen molar-refractivity contribution < 1.29 is 23.1 Å². The molecule has 0 saturated heterocycles. The Hall–Kier alpha value is -4.00. The van der Waals surface area contributed by atoms with Crippen LogP contribution in [0.5, 0.6) is 5.75 Å². The van der Waals surface area contributed by atoms with Gasteiger partial charge in [0, 0.05) is 17.3 Å². The summed E-state index contributed by atoms with van der Waals surface area (Å²) in [4.78, 5) is 29.3. The predicted molar refractivity (Wildman–Crippen MR) is 138 cm³/mol.